The standard InChI is InChI=1S/C30H26N4O4/c1-17(2)38-25-6-4-5-22-27(25)30(37)33(28(22)35)14-12-26-32-24-15-18(3)7-10-21(24)29(36)34(26)20-9-8-19-11-13-31-23(19)16-20/h4-11,13,15-17,31H,12,14H2,1-3H3. The molecule has 3 aromatic carbocycles. The second-order valence-electron chi connectivity index (χ2n) is 9.80. The molecule has 1 aliphatic rings. The Morgan fingerprint density at radius 3 is 2.63 bits per heavy atom. The van der Waals surface area contributed by atoms with Crippen LogP contribution in [0.4, 0.5) is 0 Å². The van der Waals surface area contributed by atoms with Gasteiger partial charge in [-0.2, -0.15) is 0 Å². The Hall–Kier alpha value is -4.72. The van der Waals surface area contributed by atoms with E-state index in [1.165, 1.54) is 4.90 Å². The van der Waals surface area contributed by atoms with Crippen LogP contribution in [-0.4, -0.2) is 43.9 Å². The van der Waals surface area contributed by atoms with E-state index in [2.05, 4.69) is 4.98 Å². The van der Waals surface area contributed by atoms with Crippen LogP contribution in [0.1, 0.15) is 46.0 Å². The fraction of sp³-hybridized carbons (Fsp3) is 0.200. The number of benzene rings is 3. The van der Waals surface area contributed by atoms with Crippen LogP contribution >= 0.6 is 0 Å². The molecule has 0 unspecified atom stereocenters. The highest BCUT2D eigenvalue weighted by molar-refractivity contribution is 6.22. The molecule has 8 heteroatoms. The quantitative estimate of drug-likeness (QED) is 0.334. The smallest absolute Gasteiger partial charge is 0.265 e. The predicted octanol–water partition coefficient (Wildman–Crippen LogP) is 4.80. The van der Waals surface area contributed by atoms with Crippen molar-refractivity contribution < 1.29 is 14.3 Å². The van der Waals surface area contributed by atoms with E-state index in [1.54, 1.807) is 28.8 Å². The third-order valence-corrected chi connectivity index (χ3v) is 6.77. The Labute approximate surface area is 218 Å². The molecule has 0 spiro atoms. The molecule has 0 bridgehead atoms. The Balaban J connectivity index is 1.41. The molecule has 2 aromatic heterocycles. The number of ether oxygens (including phenoxy) is 1. The molecule has 3 heterocycles. The van der Waals surface area contributed by atoms with Crippen LogP contribution in [0.2, 0.25) is 0 Å². The lowest BCUT2D eigenvalue weighted by molar-refractivity contribution is 0.0654. The van der Waals surface area contributed by atoms with Gasteiger partial charge in [0.1, 0.15) is 11.6 Å². The molecule has 2 amide bonds. The van der Waals surface area contributed by atoms with E-state index in [0.717, 1.165) is 16.5 Å². The summed E-state index contributed by atoms with van der Waals surface area (Å²) in [5.41, 5.74) is 3.52. The van der Waals surface area contributed by atoms with Crippen LogP contribution in [0.5, 0.6) is 5.75 Å². The van der Waals surface area contributed by atoms with E-state index >= 15 is 0 Å². The lowest BCUT2D eigenvalue weighted by atomic mass is 10.1. The number of amides is 2. The average Bonchev–Trinajstić information content (AvgIpc) is 3.45. The van der Waals surface area contributed by atoms with E-state index in [9.17, 15) is 14.4 Å². The van der Waals surface area contributed by atoms with Gasteiger partial charge in [-0.25, -0.2) is 4.98 Å². The third-order valence-electron chi connectivity index (χ3n) is 6.77. The van der Waals surface area contributed by atoms with Crippen LogP contribution in [0.25, 0.3) is 27.5 Å². The molecule has 0 fully saturated rings. The van der Waals surface area contributed by atoms with E-state index in [1.807, 2.05) is 63.4 Å². The summed E-state index contributed by atoms with van der Waals surface area (Å²) in [6, 6.07) is 18.3. The summed E-state index contributed by atoms with van der Waals surface area (Å²) >= 11 is 0. The first kappa shape index (κ1) is 23.7. The second kappa shape index (κ2) is 8.99. The number of hydrogen-bond donors (Lipinski definition) is 1. The molecule has 0 saturated carbocycles. The van der Waals surface area contributed by atoms with Crippen LogP contribution in [-0.2, 0) is 6.42 Å². The Kier molecular flexibility index (Phi) is 5.60. The summed E-state index contributed by atoms with van der Waals surface area (Å²) in [5, 5.41) is 1.53. The zero-order valence-corrected chi connectivity index (χ0v) is 21.3. The molecular weight excluding hydrogens is 480 g/mol. The molecular formula is C30H26N4O4. The number of carbonyl (C=O) groups excluding carboxylic acids is 2. The van der Waals surface area contributed by atoms with Gasteiger partial charge in [0.15, 0.2) is 0 Å². The Morgan fingerprint density at radius 1 is 0.974 bits per heavy atom. The number of carbonyl (C=O) groups is 2. The first-order chi connectivity index (χ1) is 18.3. The zero-order valence-electron chi connectivity index (χ0n) is 21.3. The van der Waals surface area contributed by atoms with Crippen molar-refractivity contribution in [1.29, 1.82) is 0 Å². The number of aromatic nitrogens is 3. The topological polar surface area (TPSA) is 97.3 Å². The molecule has 5 aromatic rings. The number of fused-ring (bicyclic) bond motifs is 3. The van der Waals surface area contributed by atoms with Gasteiger partial charge in [-0.15, -0.1) is 0 Å². The minimum absolute atomic E-state index is 0.0714. The summed E-state index contributed by atoms with van der Waals surface area (Å²) in [6.07, 6.45) is 1.91. The molecule has 6 rings (SSSR count). The lowest BCUT2D eigenvalue weighted by Gasteiger charge is -2.18. The maximum atomic E-state index is 13.7. The molecule has 0 atom stereocenters. The summed E-state index contributed by atoms with van der Waals surface area (Å²) in [4.78, 5) is 49.5. The van der Waals surface area contributed by atoms with Gasteiger partial charge in [-0.1, -0.05) is 18.2 Å². The van der Waals surface area contributed by atoms with Crippen molar-refractivity contribution in [2.24, 2.45) is 0 Å². The number of H-pyrrole nitrogens is 1. The molecule has 0 aliphatic carbocycles. The van der Waals surface area contributed by atoms with E-state index < -0.39 is 5.91 Å². The summed E-state index contributed by atoms with van der Waals surface area (Å²) in [5.74, 6) is 0.0835. The van der Waals surface area contributed by atoms with Crippen LogP contribution in [0.15, 0.2) is 71.7 Å². The monoisotopic (exact) mass is 506 g/mol. The van der Waals surface area contributed by atoms with Gasteiger partial charge in [0.2, 0.25) is 0 Å². The van der Waals surface area contributed by atoms with Gasteiger partial charge >= 0.3 is 0 Å². The predicted molar refractivity (Wildman–Crippen MR) is 145 cm³/mol. The second-order valence-corrected chi connectivity index (χ2v) is 9.80. The number of nitrogens with zero attached hydrogens (tertiary/aromatic N) is 3. The van der Waals surface area contributed by atoms with Crippen LogP contribution < -0.4 is 10.3 Å². The normalized spacial score (nSPS) is 13.2. The maximum Gasteiger partial charge on any atom is 0.265 e. The van der Waals surface area contributed by atoms with Gasteiger partial charge in [0.25, 0.3) is 17.4 Å². The van der Waals surface area contributed by atoms with Gasteiger partial charge in [0, 0.05) is 24.7 Å². The van der Waals surface area contributed by atoms with Crippen LogP contribution in [0.3, 0.4) is 0 Å². The van der Waals surface area contributed by atoms with Crippen molar-refractivity contribution >= 4 is 33.6 Å². The average molecular weight is 507 g/mol. The van der Waals surface area contributed by atoms with Gasteiger partial charge in [-0.3, -0.25) is 23.9 Å². The SMILES string of the molecule is Cc1ccc2c(=O)n(-c3ccc4cc[nH]c4c3)c(CCN3C(=O)c4cccc(OC(C)C)c4C3=O)nc2c1. The number of nitrogens with one attached hydrogen (secondary N) is 1. The Bertz CT molecular complexity index is 1810. The molecule has 8 nitrogen and oxygen atoms in total. The number of aryl methyl sites for hydroxylation is 1. The molecule has 38 heavy (non-hydrogen) atoms. The highest BCUT2D eigenvalue weighted by atomic mass is 16.5. The van der Waals surface area contributed by atoms with Gasteiger partial charge < -0.3 is 9.72 Å². The van der Waals surface area contributed by atoms with Crippen molar-refractivity contribution in [1.82, 2.24) is 19.4 Å². The maximum absolute atomic E-state index is 13.7. The van der Waals surface area contributed by atoms with Gasteiger partial charge in [-0.05, 0) is 74.2 Å². The fourth-order valence-corrected chi connectivity index (χ4v) is 5.02. The number of rotatable bonds is 6. The lowest BCUT2D eigenvalue weighted by Crippen LogP contribution is -2.33. The summed E-state index contributed by atoms with van der Waals surface area (Å²) in [6.45, 7) is 5.76. The first-order valence-corrected chi connectivity index (χ1v) is 12.6. The molecule has 0 radical (unpaired) electrons. The van der Waals surface area contributed by atoms with E-state index in [4.69, 9.17) is 9.72 Å². The fourth-order valence-electron chi connectivity index (χ4n) is 5.02. The molecule has 1 N–H and O–H groups in total. The molecule has 190 valence electrons. The summed E-state index contributed by atoms with van der Waals surface area (Å²) in [7, 11) is 0. The van der Waals surface area contributed by atoms with Crippen molar-refractivity contribution in [3.8, 4) is 11.4 Å². The minimum atomic E-state index is -0.403. The number of aromatic amines is 1. The minimum Gasteiger partial charge on any atom is -0.490 e. The largest absolute Gasteiger partial charge is 0.490 e. The highest BCUT2D eigenvalue weighted by Gasteiger charge is 2.38. The van der Waals surface area contributed by atoms with Crippen molar-refractivity contribution in [3.05, 3.63) is 99.7 Å². The highest BCUT2D eigenvalue weighted by Crippen LogP contribution is 2.32. The van der Waals surface area contributed by atoms with Crippen LogP contribution in [0, 0.1) is 6.92 Å². The number of hydrogen-bond acceptors (Lipinski definition) is 5. The van der Waals surface area contributed by atoms with Crippen molar-refractivity contribution in [3.63, 3.8) is 0 Å². The molecule has 0 saturated heterocycles. The van der Waals surface area contributed by atoms with Crippen molar-refractivity contribution in [2.45, 2.75) is 33.3 Å². The van der Waals surface area contributed by atoms with Crippen molar-refractivity contribution in [2.75, 3.05) is 6.54 Å². The third kappa shape index (κ3) is 3.85. The summed E-state index contributed by atoms with van der Waals surface area (Å²) < 4.78 is 7.38. The Morgan fingerprint density at radius 2 is 1.82 bits per heavy atom. The molecule has 1 aliphatic heterocycles. The first-order valence-electron chi connectivity index (χ1n) is 12.6. The zero-order chi connectivity index (χ0) is 26.6. The number of imide groups is 1. The van der Waals surface area contributed by atoms with E-state index in [-0.39, 0.29) is 36.1 Å². The van der Waals surface area contributed by atoms with Gasteiger partial charge in [0.05, 0.1) is 33.8 Å². The van der Waals surface area contributed by atoms with E-state index in [0.29, 0.717) is 33.7 Å².